The van der Waals surface area contributed by atoms with Gasteiger partial charge in [0.05, 0.1) is 0 Å². The van der Waals surface area contributed by atoms with Crippen LogP contribution in [0, 0.1) is 0 Å². The summed E-state index contributed by atoms with van der Waals surface area (Å²) in [5.41, 5.74) is 1.60. The molecule has 0 saturated carbocycles. The number of para-hydroxylation sites is 1. The van der Waals surface area contributed by atoms with Gasteiger partial charge in [0.1, 0.15) is 6.54 Å². The molecule has 94 valence electrons. The number of nitrogens with zero attached hydrogens (tertiary/aromatic N) is 1. The number of hydrogen-bond donors (Lipinski definition) is 1. The quantitative estimate of drug-likeness (QED) is 0.816. The van der Waals surface area contributed by atoms with Crippen LogP contribution in [0.1, 0.15) is 12.5 Å². The average Bonchev–Trinajstić information content (AvgIpc) is 2.37. The Hall–Kier alpha value is -1.23. The van der Waals surface area contributed by atoms with E-state index < -0.39 is 12.7 Å². The van der Waals surface area contributed by atoms with E-state index in [4.69, 9.17) is 0 Å². The molecule has 1 aliphatic rings. The van der Waals surface area contributed by atoms with Gasteiger partial charge in [0.15, 0.2) is 0 Å². The summed E-state index contributed by atoms with van der Waals surface area (Å²) in [6.07, 6.45) is -4.17. The van der Waals surface area contributed by atoms with Gasteiger partial charge in [0.2, 0.25) is 0 Å². The van der Waals surface area contributed by atoms with Crippen LogP contribution in [0.25, 0.3) is 0 Å². The van der Waals surface area contributed by atoms with Crippen LogP contribution in [0.15, 0.2) is 24.3 Å². The second-order valence-corrected chi connectivity index (χ2v) is 4.41. The van der Waals surface area contributed by atoms with Crippen molar-refractivity contribution in [2.24, 2.45) is 0 Å². The van der Waals surface area contributed by atoms with E-state index in [9.17, 15) is 13.2 Å². The molecule has 0 spiro atoms. The summed E-state index contributed by atoms with van der Waals surface area (Å²) in [6, 6.07) is 7.29. The first-order chi connectivity index (χ1) is 7.96. The van der Waals surface area contributed by atoms with Gasteiger partial charge in [-0.2, -0.15) is 13.2 Å². The zero-order valence-electron chi connectivity index (χ0n) is 9.59. The summed E-state index contributed by atoms with van der Waals surface area (Å²) in [4.78, 5) is 1.40. The summed E-state index contributed by atoms with van der Waals surface area (Å²) in [5.74, 6) is 0. The van der Waals surface area contributed by atoms with Crippen molar-refractivity contribution in [1.82, 2.24) is 5.32 Å². The first-order valence-electron chi connectivity index (χ1n) is 5.59. The van der Waals surface area contributed by atoms with Crippen molar-refractivity contribution in [3.63, 3.8) is 0 Å². The minimum Gasteiger partial charge on any atom is -0.361 e. The third-order valence-corrected chi connectivity index (χ3v) is 2.84. The minimum absolute atomic E-state index is 0.0461. The summed E-state index contributed by atoms with van der Waals surface area (Å²) in [6.45, 7) is 1.99. The van der Waals surface area contributed by atoms with E-state index in [1.165, 1.54) is 4.90 Å². The molecular weight excluding hydrogens is 229 g/mol. The lowest BCUT2D eigenvalue weighted by Gasteiger charge is -2.27. The van der Waals surface area contributed by atoms with Crippen LogP contribution < -0.4 is 10.2 Å². The molecule has 1 aromatic rings. The first-order valence-corrected chi connectivity index (χ1v) is 5.59. The predicted molar refractivity (Wildman–Crippen MR) is 61.0 cm³/mol. The second kappa shape index (κ2) is 4.56. The molecule has 1 aliphatic heterocycles. The summed E-state index contributed by atoms with van der Waals surface area (Å²) in [7, 11) is 0. The Bertz CT molecular complexity index is 390. The van der Waals surface area contributed by atoms with E-state index in [1.54, 1.807) is 12.1 Å². The molecule has 1 atom stereocenters. The van der Waals surface area contributed by atoms with Crippen molar-refractivity contribution in [1.29, 1.82) is 0 Å². The van der Waals surface area contributed by atoms with Crippen LogP contribution in [-0.4, -0.2) is 25.3 Å². The fourth-order valence-corrected chi connectivity index (χ4v) is 2.11. The molecule has 0 amide bonds. The molecule has 17 heavy (non-hydrogen) atoms. The fraction of sp³-hybridized carbons (Fsp3) is 0.500. The Morgan fingerprint density at radius 3 is 2.76 bits per heavy atom. The Labute approximate surface area is 98.4 Å². The highest BCUT2D eigenvalue weighted by Crippen LogP contribution is 2.27. The number of rotatable bonds is 1. The van der Waals surface area contributed by atoms with Crippen LogP contribution in [0.2, 0.25) is 0 Å². The highest BCUT2D eigenvalue weighted by Gasteiger charge is 2.32. The minimum atomic E-state index is -4.17. The third kappa shape index (κ3) is 3.12. The van der Waals surface area contributed by atoms with Gasteiger partial charge in [0.25, 0.3) is 0 Å². The molecule has 2 rings (SSSR count). The van der Waals surface area contributed by atoms with Crippen molar-refractivity contribution >= 4 is 5.69 Å². The Balaban J connectivity index is 2.29. The zero-order valence-corrected chi connectivity index (χ0v) is 9.59. The largest absolute Gasteiger partial charge is 0.405 e. The molecule has 1 N–H and O–H groups in total. The number of nitrogens with one attached hydrogen (secondary N) is 1. The highest BCUT2D eigenvalue weighted by molar-refractivity contribution is 5.54. The lowest BCUT2D eigenvalue weighted by molar-refractivity contribution is -0.119. The summed E-state index contributed by atoms with van der Waals surface area (Å²) < 4.78 is 37.6. The molecule has 5 heteroatoms. The average molecular weight is 244 g/mol. The number of hydrogen-bond acceptors (Lipinski definition) is 2. The molecule has 0 bridgehead atoms. The number of anilines is 1. The normalized spacial score (nSPS) is 20.9. The van der Waals surface area contributed by atoms with Gasteiger partial charge in [-0.1, -0.05) is 18.2 Å². The maximum Gasteiger partial charge on any atom is 0.405 e. The molecule has 1 unspecified atom stereocenters. The van der Waals surface area contributed by atoms with Crippen molar-refractivity contribution < 1.29 is 13.2 Å². The number of fused-ring (bicyclic) bond motifs is 1. The van der Waals surface area contributed by atoms with Gasteiger partial charge >= 0.3 is 6.18 Å². The van der Waals surface area contributed by atoms with Crippen LogP contribution >= 0.6 is 0 Å². The molecule has 0 saturated heterocycles. The smallest absolute Gasteiger partial charge is 0.361 e. The predicted octanol–water partition coefficient (Wildman–Crippen LogP) is 2.55. The Morgan fingerprint density at radius 1 is 1.35 bits per heavy atom. The van der Waals surface area contributed by atoms with E-state index in [1.807, 2.05) is 19.1 Å². The first kappa shape index (κ1) is 12.2. The standard InChI is InChI=1S/C12H15F3N2/c1-9-7-17(8-12(13,14)15)11-5-3-2-4-10(11)6-16-9/h2-5,9,16H,6-8H2,1H3. The summed E-state index contributed by atoms with van der Waals surface area (Å²) in [5, 5.41) is 3.21. The van der Waals surface area contributed by atoms with Gasteiger partial charge in [-0.05, 0) is 18.6 Å². The maximum absolute atomic E-state index is 12.5. The topological polar surface area (TPSA) is 15.3 Å². The van der Waals surface area contributed by atoms with Crippen molar-refractivity contribution in [3.8, 4) is 0 Å². The molecule has 0 fully saturated rings. The van der Waals surface area contributed by atoms with Crippen molar-refractivity contribution in [3.05, 3.63) is 29.8 Å². The molecule has 1 heterocycles. The molecule has 1 aromatic carbocycles. The molecule has 0 aromatic heterocycles. The summed E-state index contributed by atoms with van der Waals surface area (Å²) >= 11 is 0. The SMILES string of the molecule is CC1CN(CC(F)(F)F)c2ccccc2CN1. The third-order valence-electron chi connectivity index (χ3n) is 2.84. The molecule has 0 aliphatic carbocycles. The van der Waals surface area contributed by atoms with Crippen LogP contribution in [0.4, 0.5) is 18.9 Å². The number of halogens is 3. The van der Waals surface area contributed by atoms with Crippen molar-refractivity contribution in [2.45, 2.75) is 25.7 Å². The molecular formula is C12H15F3N2. The number of benzene rings is 1. The maximum atomic E-state index is 12.5. The lowest BCUT2D eigenvalue weighted by Crippen LogP contribution is -2.41. The van der Waals surface area contributed by atoms with Gasteiger partial charge in [-0.15, -0.1) is 0 Å². The Morgan fingerprint density at radius 2 is 2.06 bits per heavy atom. The van der Waals surface area contributed by atoms with Crippen LogP contribution in [-0.2, 0) is 6.54 Å². The van der Waals surface area contributed by atoms with Gasteiger partial charge in [-0.25, -0.2) is 0 Å². The van der Waals surface area contributed by atoms with E-state index in [0.29, 0.717) is 18.8 Å². The molecule has 2 nitrogen and oxygen atoms in total. The van der Waals surface area contributed by atoms with E-state index >= 15 is 0 Å². The Kier molecular flexibility index (Phi) is 3.28. The van der Waals surface area contributed by atoms with Gasteiger partial charge in [-0.3, -0.25) is 0 Å². The fourth-order valence-electron chi connectivity index (χ4n) is 2.11. The number of alkyl halides is 3. The van der Waals surface area contributed by atoms with E-state index in [0.717, 1.165) is 5.56 Å². The second-order valence-electron chi connectivity index (χ2n) is 4.41. The van der Waals surface area contributed by atoms with E-state index in [-0.39, 0.29) is 6.04 Å². The van der Waals surface area contributed by atoms with Gasteiger partial charge < -0.3 is 10.2 Å². The zero-order chi connectivity index (χ0) is 12.5. The van der Waals surface area contributed by atoms with Crippen LogP contribution in [0.5, 0.6) is 0 Å². The monoisotopic (exact) mass is 244 g/mol. The lowest BCUT2D eigenvalue weighted by atomic mass is 10.1. The van der Waals surface area contributed by atoms with Crippen LogP contribution in [0.3, 0.4) is 0 Å². The van der Waals surface area contributed by atoms with Gasteiger partial charge in [0, 0.05) is 24.8 Å². The highest BCUT2D eigenvalue weighted by atomic mass is 19.4. The molecule has 0 radical (unpaired) electrons. The van der Waals surface area contributed by atoms with Crippen molar-refractivity contribution in [2.75, 3.05) is 18.0 Å². The van der Waals surface area contributed by atoms with E-state index in [2.05, 4.69) is 5.32 Å².